The van der Waals surface area contributed by atoms with E-state index in [0.29, 0.717) is 10.9 Å². The normalized spacial score (nSPS) is 10.5. The number of non-ortho nitro benzene ring substituents is 1. The molecule has 1 amide bonds. The molecule has 3 aromatic rings. The number of hydrogen-bond acceptors (Lipinski definition) is 8. The number of hydrogen-bond donors (Lipinski definition) is 1. The first kappa shape index (κ1) is 19.8. The lowest BCUT2D eigenvalue weighted by atomic mass is 10.1. The topological polar surface area (TPSA) is 107 Å². The Hall–Kier alpha value is -2.98. The average molecular weight is 416 g/mol. The molecule has 0 fully saturated rings. The maximum absolute atomic E-state index is 12.0. The van der Waals surface area contributed by atoms with Gasteiger partial charge in [-0.05, 0) is 30.2 Å². The van der Waals surface area contributed by atoms with Crippen molar-refractivity contribution in [2.24, 2.45) is 0 Å². The smallest absolute Gasteiger partial charge is 0.269 e. The number of aromatic nitrogens is 2. The van der Waals surface area contributed by atoms with Crippen molar-refractivity contribution in [1.29, 1.82) is 0 Å². The van der Waals surface area contributed by atoms with Gasteiger partial charge in [-0.2, -0.15) is 0 Å². The number of ether oxygens (including phenoxy) is 1. The van der Waals surface area contributed by atoms with Gasteiger partial charge in [-0.3, -0.25) is 20.2 Å². The van der Waals surface area contributed by atoms with Crippen molar-refractivity contribution < 1.29 is 14.5 Å². The zero-order valence-electron chi connectivity index (χ0n) is 14.8. The summed E-state index contributed by atoms with van der Waals surface area (Å²) >= 11 is 2.85. The van der Waals surface area contributed by atoms with Gasteiger partial charge in [0.25, 0.3) is 11.6 Å². The van der Waals surface area contributed by atoms with Gasteiger partial charge in [0.1, 0.15) is 5.75 Å². The molecule has 8 nitrogen and oxygen atoms in total. The lowest BCUT2D eigenvalue weighted by Crippen LogP contribution is -2.20. The Bertz CT molecular complexity index is 976. The number of rotatable bonds is 8. The summed E-state index contributed by atoms with van der Waals surface area (Å²) in [6, 6.07) is 13.6. The minimum absolute atomic E-state index is 0.0404. The highest BCUT2D eigenvalue weighted by Crippen LogP contribution is 2.29. The molecule has 28 heavy (non-hydrogen) atoms. The van der Waals surface area contributed by atoms with Gasteiger partial charge >= 0.3 is 0 Å². The highest BCUT2D eigenvalue weighted by molar-refractivity contribution is 8.00. The number of benzene rings is 2. The van der Waals surface area contributed by atoms with E-state index in [4.69, 9.17) is 4.74 Å². The lowest BCUT2D eigenvalue weighted by Gasteiger charge is -2.05. The molecule has 2 aromatic carbocycles. The first-order valence-electron chi connectivity index (χ1n) is 8.19. The average Bonchev–Trinajstić information content (AvgIpc) is 3.13. The Balaban J connectivity index is 1.47. The Morgan fingerprint density at radius 1 is 1.21 bits per heavy atom. The molecule has 0 saturated heterocycles. The van der Waals surface area contributed by atoms with Crippen molar-refractivity contribution in [2.45, 2.75) is 17.0 Å². The third kappa shape index (κ3) is 5.51. The van der Waals surface area contributed by atoms with Crippen LogP contribution in [0.3, 0.4) is 0 Å². The molecule has 0 atom stereocenters. The summed E-state index contributed by atoms with van der Waals surface area (Å²) in [4.78, 5) is 22.1. The quantitative estimate of drug-likeness (QED) is 0.255. The summed E-state index contributed by atoms with van der Waals surface area (Å²) in [7, 11) is 0. The Kier molecular flexibility index (Phi) is 6.56. The monoisotopic (exact) mass is 416 g/mol. The molecule has 0 radical (unpaired) electrons. The van der Waals surface area contributed by atoms with E-state index in [-0.39, 0.29) is 18.2 Å². The second-order valence-corrected chi connectivity index (χ2v) is 7.88. The molecule has 0 saturated carbocycles. The molecule has 0 aliphatic carbocycles. The van der Waals surface area contributed by atoms with Gasteiger partial charge < -0.3 is 4.74 Å². The molecule has 0 unspecified atom stereocenters. The van der Waals surface area contributed by atoms with Gasteiger partial charge in [-0.25, -0.2) is 0 Å². The number of nitro groups is 1. The van der Waals surface area contributed by atoms with Gasteiger partial charge in [0.05, 0.1) is 4.92 Å². The van der Waals surface area contributed by atoms with Gasteiger partial charge in [-0.1, -0.05) is 47.4 Å². The zero-order chi connectivity index (χ0) is 19.9. The van der Waals surface area contributed by atoms with Gasteiger partial charge in [0.15, 0.2) is 10.9 Å². The summed E-state index contributed by atoms with van der Waals surface area (Å²) in [6.07, 6.45) is 0. The van der Waals surface area contributed by atoms with Crippen LogP contribution < -0.4 is 10.1 Å². The fraction of sp³-hybridized carbons (Fsp3) is 0.167. The van der Waals surface area contributed by atoms with Crippen LogP contribution in [0.15, 0.2) is 52.9 Å². The largest absolute Gasteiger partial charge is 0.484 e. The summed E-state index contributed by atoms with van der Waals surface area (Å²) in [5.74, 6) is 0.760. The molecular weight excluding hydrogens is 400 g/mol. The van der Waals surface area contributed by atoms with Crippen LogP contribution in [0, 0.1) is 17.0 Å². The van der Waals surface area contributed by atoms with Crippen LogP contribution in [0.2, 0.25) is 0 Å². The van der Waals surface area contributed by atoms with Crippen LogP contribution in [0.25, 0.3) is 0 Å². The number of aryl methyl sites for hydroxylation is 1. The van der Waals surface area contributed by atoms with Crippen molar-refractivity contribution in [3.05, 3.63) is 69.8 Å². The lowest BCUT2D eigenvalue weighted by molar-refractivity contribution is -0.384. The van der Waals surface area contributed by atoms with Crippen LogP contribution in [0.4, 0.5) is 10.8 Å². The number of amides is 1. The first-order chi connectivity index (χ1) is 13.5. The number of nitro benzene ring substituents is 1. The van der Waals surface area contributed by atoms with E-state index in [1.807, 2.05) is 12.1 Å². The predicted octanol–water partition coefficient (Wildman–Crippen LogP) is 4.06. The molecule has 10 heteroatoms. The van der Waals surface area contributed by atoms with Gasteiger partial charge in [0.2, 0.25) is 5.13 Å². The van der Waals surface area contributed by atoms with E-state index < -0.39 is 4.92 Å². The molecule has 3 rings (SSSR count). The van der Waals surface area contributed by atoms with Gasteiger partial charge in [-0.15, -0.1) is 10.2 Å². The van der Waals surface area contributed by atoms with Crippen molar-refractivity contribution >= 4 is 39.8 Å². The van der Waals surface area contributed by atoms with E-state index in [1.54, 1.807) is 11.8 Å². The van der Waals surface area contributed by atoms with Gasteiger partial charge in [0, 0.05) is 17.9 Å². The predicted molar refractivity (Wildman–Crippen MR) is 108 cm³/mol. The molecule has 1 N–H and O–H groups in total. The van der Waals surface area contributed by atoms with E-state index >= 15 is 0 Å². The summed E-state index contributed by atoms with van der Waals surface area (Å²) in [6.45, 7) is 1.83. The molecule has 0 aliphatic heterocycles. The summed E-state index contributed by atoms with van der Waals surface area (Å²) in [5, 5.41) is 21.7. The number of thioether (sulfide) groups is 1. The third-order valence-corrected chi connectivity index (χ3v) is 5.70. The highest BCUT2D eigenvalue weighted by Gasteiger charge is 2.11. The van der Waals surface area contributed by atoms with Crippen molar-refractivity contribution in [3.63, 3.8) is 0 Å². The summed E-state index contributed by atoms with van der Waals surface area (Å²) < 4.78 is 6.08. The van der Waals surface area contributed by atoms with Crippen LogP contribution in [-0.4, -0.2) is 27.6 Å². The molecule has 0 aliphatic rings. The van der Waals surface area contributed by atoms with E-state index in [9.17, 15) is 14.9 Å². The standard InChI is InChI=1S/C18H16N4O4S2/c1-12-4-2-3-5-13(12)11-27-18-21-20-17(28-18)19-16(23)10-26-15-8-6-14(7-9-15)22(24)25/h2-9H,10-11H2,1H3,(H,19,20,23). The Morgan fingerprint density at radius 3 is 2.68 bits per heavy atom. The molecule has 1 aromatic heterocycles. The van der Waals surface area contributed by atoms with Crippen molar-refractivity contribution in [3.8, 4) is 5.75 Å². The molecule has 144 valence electrons. The molecule has 0 spiro atoms. The van der Waals surface area contributed by atoms with Crippen LogP contribution >= 0.6 is 23.1 Å². The number of carbonyl (C=O) groups excluding carboxylic acids is 1. The number of anilines is 1. The van der Waals surface area contributed by atoms with E-state index in [1.165, 1.54) is 46.7 Å². The molecular formula is C18H16N4O4S2. The maximum Gasteiger partial charge on any atom is 0.269 e. The first-order valence-corrected chi connectivity index (χ1v) is 9.99. The number of nitrogens with zero attached hydrogens (tertiary/aromatic N) is 3. The Labute approximate surface area is 169 Å². The maximum atomic E-state index is 12.0. The molecule has 0 bridgehead atoms. The number of nitrogens with one attached hydrogen (secondary N) is 1. The van der Waals surface area contributed by atoms with Crippen LogP contribution in [0.5, 0.6) is 5.75 Å². The fourth-order valence-corrected chi connectivity index (χ4v) is 4.04. The molecule has 1 heterocycles. The fourth-order valence-electron chi connectivity index (χ4n) is 2.20. The van der Waals surface area contributed by atoms with Crippen molar-refractivity contribution in [2.75, 3.05) is 11.9 Å². The second-order valence-electron chi connectivity index (χ2n) is 5.68. The third-order valence-electron chi connectivity index (χ3n) is 3.68. The number of carbonyl (C=O) groups is 1. The van der Waals surface area contributed by atoms with E-state index in [0.717, 1.165) is 10.1 Å². The van der Waals surface area contributed by atoms with E-state index in [2.05, 4.69) is 34.6 Å². The highest BCUT2D eigenvalue weighted by atomic mass is 32.2. The van der Waals surface area contributed by atoms with Crippen LogP contribution in [0.1, 0.15) is 11.1 Å². The van der Waals surface area contributed by atoms with Crippen LogP contribution in [-0.2, 0) is 10.5 Å². The Morgan fingerprint density at radius 2 is 1.96 bits per heavy atom. The minimum Gasteiger partial charge on any atom is -0.484 e. The zero-order valence-corrected chi connectivity index (χ0v) is 16.5. The van der Waals surface area contributed by atoms with Crippen molar-refractivity contribution in [1.82, 2.24) is 10.2 Å². The summed E-state index contributed by atoms with van der Waals surface area (Å²) in [5.41, 5.74) is 2.41. The second kappa shape index (κ2) is 9.29. The minimum atomic E-state index is -0.499. The SMILES string of the molecule is Cc1ccccc1CSc1nnc(NC(=O)COc2ccc([N+](=O)[O-])cc2)s1.